The number of aryl methyl sites for hydroxylation is 1. The van der Waals surface area contributed by atoms with Gasteiger partial charge in [0.25, 0.3) is 10.0 Å². The van der Waals surface area contributed by atoms with Crippen LogP contribution in [0.2, 0.25) is 0 Å². The normalized spacial score (nSPS) is 12.2. The van der Waals surface area contributed by atoms with E-state index in [9.17, 15) is 18.0 Å². The van der Waals surface area contributed by atoms with Crippen molar-refractivity contribution in [3.63, 3.8) is 0 Å². The molecule has 0 aliphatic heterocycles. The lowest BCUT2D eigenvalue weighted by Crippen LogP contribution is -2.51. The van der Waals surface area contributed by atoms with Crippen LogP contribution in [0.25, 0.3) is 0 Å². The van der Waals surface area contributed by atoms with Gasteiger partial charge in [0.1, 0.15) is 12.6 Å². The number of nitrogens with one attached hydrogen (secondary N) is 1. The first-order valence-corrected chi connectivity index (χ1v) is 14.3. The topological polar surface area (TPSA) is 86.8 Å². The van der Waals surface area contributed by atoms with Crippen molar-refractivity contribution in [1.82, 2.24) is 10.2 Å². The molecule has 0 unspecified atom stereocenters. The summed E-state index contributed by atoms with van der Waals surface area (Å²) in [6, 6.07) is 22.2. The van der Waals surface area contributed by atoms with Gasteiger partial charge in [-0.25, -0.2) is 8.42 Å². The first-order chi connectivity index (χ1) is 18.1. The molecule has 202 valence electrons. The molecular formula is C30H37N3O4S. The Balaban J connectivity index is 2.06. The van der Waals surface area contributed by atoms with Crippen LogP contribution in [0.1, 0.15) is 49.8 Å². The van der Waals surface area contributed by atoms with Gasteiger partial charge in [0.15, 0.2) is 0 Å². The first-order valence-electron chi connectivity index (χ1n) is 12.8. The van der Waals surface area contributed by atoms with E-state index in [0.717, 1.165) is 21.0 Å². The molecule has 0 heterocycles. The van der Waals surface area contributed by atoms with E-state index in [0.29, 0.717) is 12.1 Å². The molecule has 0 aliphatic rings. The van der Waals surface area contributed by atoms with E-state index in [-0.39, 0.29) is 23.3 Å². The van der Waals surface area contributed by atoms with Crippen LogP contribution in [-0.4, -0.2) is 44.8 Å². The fourth-order valence-corrected chi connectivity index (χ4v) is 5.80. The van der Waals surface area contributed by atoms with Crippen molar-refractivity contribution in [2.24, 2.45) is 0 Å². The quantitative estimate of drug-likeness (QED) is 0.380. The summed E-state index contributed by atoms with van der Waals surface area (Å²) in [5.74, 6) is -0.491. The number of rotatable bonds is 11. The maximum atomic E-state index is 13.9. The van der Waals surface area contributed by atoms with E-state index < -0.39 is 28.5 Å². The molecular weight excluding hydrogens is 498 g/mol. The Morgan fingerprint density at radius 1 is 0.921 bits per heavy atom. The average Bonchev–Trinajstić information content (AvgIpc) is 2.91. The number of likely N-dealkylation sites (N-methyl/N-ethyl adjacent to an activating group) is 1. The molecule has 0 bridgehead atoms. The molecule has 0 saturated carbocycles. The fourth-order valence-electron chi connectivity index (χ4n) is 4.37. The van der Waals surface area contributed by atoms with Gasteiger partial charge in [-0.15, -0.1) is 0 Å². The number of nitrogens with zero attached hydrogens (tertiary/aromatic N) is 2. The van der Waals surface area contributed by atoms with Crippen LogP contribution in [0.5, 0.6) is 0 Å². The number of carbonyl (C=O) groups excluding carboxylic acids is 2. The summed E-state index contributed by atoms with van der Waals surface area (Å²) in [4.78, 5) is 28.3. The second kappa shape index (κ2) is 12.7. The van der Waals surface area contributed by atoms with Gasteiger partial charge < -0.3 is 10.2 Å². The zero-order valence-electron chi connectivity index (χ0n) is 22.7. The minimum Gasteiger partial charge on any atom is -0.357 e. The maximum Gasteiger partial charge on any atom is 0.264 e. The molecule has 0 spiro atoms. The molecule has 0 aliphatic carbocycles. The fraction of sp³-hybridized carbons (Fsp3) is 0.333. The van der Waals surface area contributed by atoms with Gasteiger partial charge in [-0.05, 0) is 54.7 Å². The standard InChI is InChI=1S/C30H37N3O4S/c1-6-28(30(35)31-5)32(20-24-12-10-11-23(4)19-24)29(34)21-33(26-17-15-25(16-18-26)22(2)3)38(36,37)27-13-8-7-9-14-27/h7-19,22,28H,6,20-21H2,1-5H3,(H,31,35)/t28-/m0/s1. The van der Waals surface area contributed by atoms with Crippen LogP contribution in [0, 0.1) is 6.92 Å². The lowest BCUT2D eigenvalue weighted by Gasteiger charge is -2.33. The monoisotopic (exact) mass is 535 g/mol. The highest BCUT2D eigenvalue weighted by Gasteiger charge is 2.33. The third-order valence-electron chi connectivity index (χ3n) is 6.53. The molecule has 3 aromatic rings. The maximum absolute atomic E-state index is 13.9. The van der Waals surface area contributed by atoms with Gasteiger partial charge >= 0.3 is 0 Å². The summed E-state index contributed by atoms with van der Waals surface area (Å²) in [7, 11) is -2.54. The highest BCUT2D eigenvalue weighted by atomic mass is 32.2. The van der Waals surface area contributed by atoms with Gasteiger partial charge in [0.05, 0.1) is 10.6 Å². The second-order valence-corrected chi connectivity index (χ2v) is 11.5. The number of hydrogen-bond acceptors (Lipinski definition) is 4. The van der Waals surface area contributed by atoms with E-state index in [1.165, 1.54) is 24.1 Å². The van der Waals surface area contributed by atoms with Gasteiger partial charge in [0.2, 0.25) is 11.8 Å². The summed E-state index contributed by atoms with van der Waals surface area (Å²) in [6.07, 6.45) is 0.381. The Morgan fingerprint density at radius 2 is 1.58 bits per heavy atom. The predicted molar refractivity (Wildman–Crippen MR) is 151 cm³/mol. The molecule has 0 saturated heterocycles. The lowest BCUT2D eigenvalue weighted by atomic mass is 10.0. The molecule has 0 aromatic heterocycles. The molecule has 1 N–H and O–H groups in total. The number of anilines is 1. The molecule has 2 amide bonds. The Bertz CT molecular complexity index is 1340. The number of sulfonamides is 1. The molecule has 3 aromatic carbocycles. The molecule has 0 radical (unpaired) electrons. The highest BCUT2D eigenvalue weighted by molar-refractivity contribution is 7.92. The summed E-state index contributed by atoms with van der Waals surface area (Å²) < 4.78 is 28.8. The molecule has 1 atom stereocenters. The Kier molecular flexibility index (Phi) is 9.69. The van der Waals surface area contributed by atoms with Gasteiger partial charge in [-0.1, -0.05) is 80.9 Å². The second-order valence-electron chi connectivity index (χ2n) is 9.62. The Morgan fingerprint density at radius 3 is 2.13 bits per heavy atom. The molecule has 8 heteroatoms. The number of carbonyl (C=O) groups is 2. The van der Waals surface area contributed by atoms with Gasteiger partial charge in [-0.3, -0.25) is 13.9 Å². The third-order valence-corrected chi connectivity index (χ3v) is 8.31. The smallest absolute Gasteiger partial charge is 0.264 e. The summed E-state index contributed by atoms with van der Waals surface area (Å²) in [6.45, 7) is 7.64. The van der Waals surface area contributed by atoms with Crippen molar-refractivity contribution in [2.75, 3.05) is 17.9 Å². The number of benzene rings is 3. The minimum atomic E-state index is -4.07. The summed E-state index contributed by atoms with van der Waals surface area (Å²) >= 11 is 0. The van der Waals surface area contributed by atoms with Crippen LogP contribution in [-0.2, 0) is 26.2 Å². The first kappa shape index (κ1) is 28.9. The number of hydrogen-bond donors (Lipinski definition) is 1. The molecule has 38 heavy (non-hydrogen) atoms. The predicted octanol–water partition coefficient (Wildman–Crippen LogP) is 4.87. The van der Waals surface area contributed by atoms with Crippen LogP contribution in [0.3, 0.4) is 0 Å². The van der Waals surface area contributed by atoms with Crippen molar-refractivity contribution in [3.05, 3.63) is 95.6 Å². The SMILES string of the molecule is CC[C@@H](C(=O)NC)N(Cc1cccc(C)c1)C(=O)CN(c1ccc(C(C)C)cc1)S(=O)(=O)c1ccccc1. The van der Waals surface area contributed by atoms with Crippen molar-refractivity contribution in [1.29, 1.82) is 0 Å². The zero-order valence-corrected chi connectivity index (χ0v) is 23.5. The Hall–Kier alpha value is -3.65. The zero-order chi connectivity index (χ0) is 27.9. The van der Waals surface area contributed by atoms with Crippen LogP contribution >= 0.6 is 0 Å². The van der Waals surface area contributed by atoms with Crippen molar-refractivity contribution in [3.8, 4) is 0 Å². The van der Waals surface area contributed by atoms with Crippen molar-refractivity contribution < 1.29 is 18.0 Å². The van der Waals surface area contributed by atoms with E-state index in [2.05, 4.69) is 19.2 Å². The minimum absolute atomic E-state index is 0.0873. The molecule has 7 nitrogen and oxygen atoms in total. The average molecular weight is 536 g/mol. The Labute approximate surface area is 226 Å². The lowest BCUT2D eigenvalue weighted by molar-refractivity contribution is -0.140. The molecule has 3 rings (SSSR count). The third kappa shape index (κ3) is 6.81. The van der Waals surface area contributed by atoms with E-state index in [4.69, 9.17) is 0 Å². The summed E-state index contributed by atoms with van der Waals surface area (Å²) in [5.41, 5.74) is 3.33. The van der Waals surface area contributed by atoms with Crippen molar-refractivity contribution >= 4 is 27.5 Å². The van der Waals surface area contributed by atoms with Crippen LogP contribution in [0.15, 0.2) is 83.8 Å². The highest BCUT2D eigenvalue weighted by Crippen LogP contribution is 2.27. The van der Waals surface area contributed by atoms with Crippen LogP contribution < -0.4 is 9.62 Å². The van der Waals surface area contributed by atoms with Crippen molar-refractivity contribution in [2.45, 2.75) is 57.5 Å². The van der Waals surface area contributed by atoms with E-state index >= 15 is 0 Å². The summed E-state index contributed by atoms with van der Waals surface area (Å²) in [5, 5.41) is 2.64. The van der Waals surface area contributed by atoms with E-state index in [1.807, 2.05) is 50.2 Å². The van der Waals surface area contributed by atoms with Gasteiger partial charge in [-0.2, -0.15) is 0 Å². The largest absolute Gasteiger partial charge is 0.357 e. The molecule has 0 fully saturated rings. The van der Waals surface area contributed by atoms with Gasteiger partial charge in [0, 0.05) is 13.6 Å². The van der Waals surface area contributed by atoms with E-state index in [1.54, 1.807) is 30.3 Å². The van der Waals surface area contributed by atoms with Crippen LogP contribution in [0.4, 0.5) is 5.69 Å². The number of amides is 2.